The number of halogens is 1. The van der Waals surface area contributed by atoms with Gasteiger partial charge in [0.1, 0.15) is 5.82 Å². The van der Waals surface area contributed by atoms with Crippen LogP contribution in [-0.4, -0.2) is 5.11 Å². The van der Waals surface area contributed by atoms with E-state index >= 15 is 0 Å². The molecule has 0 aliphatic heterocycles. The maximum atomic E-state index is 13.1. The number of aliphatic hydroxyl groups is 1. The van der Waals surface area contributed by atoms with Gasteiger partial charge < -0.3 is 5.11 Å². The Morgan fingerprint density at radius 2 is 1.77 bits per heavy atom. The van der Waals surface area contributed by atoms with Gasteiger partial charge in [0, 0.05) is 0 Å². The number of aliphatic hydroxyl groups excluding tert-OH is 1. The van der Waals surface area contributed by atoms with E-state index in [1.165, 1.54) is 0 Å². The quantitative estimate of drug-likeness (QED) is 0.711. The Bertz CT molecular complexity index is 269. The molecule has 0 saturated carbocycles. The van der Waals surface area contributed by atoms with Crippen LogP contribution in [-0.2, 0) is 6.61 Å². The molecule has 1 aromatic carbocycles. The molecule has 1 nitrogen and oxygen atoms in total. The molecular weight excluding hydrogens is 167 g/mol. The zero-order valence-corrected chi connectivity index (χ0v) is 8.69. The highest BCUT2D eigenvalue weighted by Crippen LogP contribution is 2.15. The minimum absolute atomic E-state index is 0.0942. The Labute approximate surface area is 79.2 Å². The third-order valence-electron chi connectivity index (χ3n) is 1.86. The van der Waals surface area contributed by atoms with Crippen LogP contribution in [0.2, 0.25) is 0 Å². The summed E-state index contributed by atoms with van der Waals surface area (Å²) in [5.41, 5.74) is 1.83. The van der Waals surface area contributed by atoms with E-state index in [1.54, 1.807) is 26.0 Å². The number of benzene rings is 1. The van der Waals surface area contributed by atoms with E-state index in [-0.39, 0.29) is 12.4 Å². The number of hydrogen-bond donors (Lipinski definition) is 1. The van der Waals surface area contributed by atoms with E-state index < -0.39 is 0 Å². The lowest BCUT2D eigenvalue weighted by molar-refractivity contribution is 0.280. The second-order valence-electron chi connectivity index (χ2n) is 2.64. The van der Waals surface area contributed by atoms with E-state index in [2.05, 4.69) is 0 Å². The van der Waals surface area contributed by atoms with Gasteiger partial charge in [-0.15, -0.1) is 0 Å². The average Bonchev–Trinajstić information content (AvgIpc) is 2.18. The summed E-state index contributed by atoms with van der Waals surface area (Å²) < 4.78 is 13.1. The number of rotatable bonds is 1. The van der Waals surface area contributed by atoms with Crippen LogP contribution in [0.3, 0.4) is 0 Å². The molecule has 0 unspecified atom stereocenters. The monoisotopic (exact) mass is 184 g/mol. The van der Waals surface area contributed by atoms with Gasteiger partial charge >= 0.3 is 0 Å². The fraction of sp³-hybridized carbons (Fsp3) is 0.455. The smallest absolute Gasteiger partial charge is 0.129 e. The fourth-order valence-corrected chi connectivity index (χ4v) is 1.03. The summed E-state index contributed by atoms with van der Waals surface area (Å²) in [5.74, 6) is -0.212. The van der Waals surface area contributed by atoms with Gasteiger partial charge in [-0.1, -0.05) is 26.0 Å². The normalized spacial score (nSPS) is 9.08. The third-order valence-corrected chi connectivity index (χ3v) is 1.86. The molecule has 0 fully saturated rings. The largest absolute Gasteiger partial charge is 0.392 e. The predicted molar refractivity (Wildman–Crippen MR) is 53.1 cm³/mol. The van der Waals surface area contributed by atoms with Gasteiger partial charge in [-0.05, 0) is 30.5 Å². The van der Waals surface area contributed by atoms with E-state index in [4.69, 9.17) is 5.11 Å². The molecule has 0 aromatic heterocycles. The van der Waals surface area contributed by atoms with Crippen molar-refractivity contribution >= 4 is 0 Å². The van der Waals surface area contributed by atoms with Crippen LogP contribution in [0, 0.1) is 19.7 Å². The van der Waals surface area contributed by atoms with Crippen molar-refractivity contribution in [2.45, 2.75) is 34.3 Å². The molecule has 1 aromatic rings. The van der Waals surface area contributed by atoms with Gasteiger partial charge in [-0.25, -0.2) is 4.39 Å². The van der Waals surface area contributed by atoms with Gasteiger partial charge in [0.2, 0.25) is 0 Å². The highest BCUT2D eigenvalue weighted by atomic mass is 19.1. The Morgan fingerprint density at radius 3 is 2.23 bits per heavy atom. The SMILES string of the molecule is CC.Cc1ccc(CO)c(C)c1F. The zero-order chi connectivity index (χ0) is 10.4. The molecule has 1 N–H and O–H groups in total. The molecule has 0 heterocycles. The molecule has 0 radical (unpaired) electrons. The maximum absolute atomic E-state index is 13.1. The van der Waals surface area contributed by atoms with E-state index in [0.29, 0.717) is 16.7 Å². The summed E-state index contributed by atoms with van der Waals surface area (Å²) in [6.45, 7) is 7.29. The average molecular weight is 184 g/mol. The van der Waals surface area contributed by atoms with Gasteiger partial charge in [-0.3, -0.25) is 0 Å². The van der Waals surface area contributed by atoms with Crippen LogP contribution in [0.5, 0.6) is 0 Å². The highest BCUT2D eigenvalue weighted by Gasteiger charge is 2.04. The summed E-state index contributed by atoms with van der Waals surface area (Å²) in [5, 5.41) is 8.77. The Balaban J connectivity index is 0.000000671. The Morgan fingerprint density at radius 1 is 1.23 bits per heavy atom. The predicted octanol–water partition coefficient (Wildman–Crippen LogP) is 2.96. The van der Waals surface area contributed by atoms with E-state index in [9.17, 15) is 4.39 Å². The first kappa shape index (κ1) is 12.1. The molecule has 13 heavy (non-hydrogen) atoms. The summed E-state index contributed by atoms with van der Waals surface area (Å²) >= 11 is 0. The summed E-state index contributed by atoms with van der Waals surface area (Å²) in [4.78, 5) is 0. The number of aryl methyl sites for hydroxylation is 1. The molecule has 2 heteroatoms. The topological polar surface area (TPSA) is 20.2 Å². The maximum Gasteiger partial charge on any atom is 0.129 e. The van der Waals surface area contributed by atoms with Gasteiger partial charge in [0.15, 0.2) is 0 Å². The number of hydrogen-bond acceptors (Lipinski definition) is 1. The second-order valence-corrected chi connectivity index (χ2v) is 2.64. The van der Waals surface area contributed by atoms with Crippen molar-refractivity contribution < 1.29 is 9.50 Å². The molecule has 0 atom stereocenters. The molecule has 0 aliphatic carbocycles. The summed E-state index contributed by atoms with van der Waals surface area (Å²) in [6, 6.07) is 3.42. The van der Waals surface area contributed by atoms with Crippen molar-refractivity contribution in [2.24, 2.45) is 0 Å². The van der Waals surface area contributed by atoms with Gasteiger partial charge in [0.25, 0.3) is 0 Å². The second kappa shape index (κ2) is 5.70. The third kappa shape index (κ3) is 2.81. The Kier molecular flexibility index (Phi) is 5.31. The van der Waals surface area contributed by atoms with E-state index in [1.807, 2.05) is 13.8 Å². The Hall–Kier alpha value is -0.890. The van der Waals surface area contributed by atoms with Crippen LogP contribution in [0.15, 0.2) is 12.1 Å². The standard InChI is InChI=1S/C9H11FO.C2H6/c1-6-3-4-8(5-11)7(2)9(6)10;1-2/h3-4,11H,5H2,1-2H3;1-2H3. The summed E-state index contributed by atoms with van der Waals surface area (Å²) in [7, 11) is 0. The van der Waals surface area contributed by atoms with Crippen molar-refractivity contribution in [3.8, 4) is 0 Å². The van der Waals surface area contributed by atoms with Crippen LogP contribution in [0.4, 0.5) is 4.39 Å². The van der Waals surface area contributed by atoms with Crippen LogP contribution in [0.25, 0.3) is 0 Å². The van der Waals surface area contributed by atoms with Gasteiger partial charge in [0.05, 0.1) is 6.61 Å². The summed E-state index contributed by atoms with van der Waals surface area (Å²) in [6.07, 6.45) is 0. The molecular formula is C11H17FO. The van der Waals surface area contributed by atoms with Crippen molar-refractivity contribution in [2.75, 3.05) is 0 Å². The molecule has 0 spiro atoms. The van der Waals surface area contributed by atoms with Gasteiger partial charge in [-0.2, -0.15) is 0 Å². The van der Waals surface area contributed by atoms with Crippen LogP contribution in [0.1, 0.15) is 30.5 Å². The molecule has 0 bridgehead atoms. The molecule has 0 saturated heterocycles. The lowest BCUT2D eigenvalue weighted by Gasteiger charge is -2.04. The van der Waals surface area contributed by atoms with Crippen LogP contribution >= 0.6 is 0 Å². The van der Waals surface area contributed by atoms with E-state index in [0.717, 1.165) is 0 Å². The zero-order valence-electron chi connectivity index (χ0n) is 8.69. The molecule has 0 aliphatic rings. The first-order valence-corrected chi connectivity index (χ1v) is 4.52. The minimum Gasteiger partial charge on any atom is -0.392 e. The molecule has 74 valence electrons. The van der Waals surface area contributed by atoms with Crippen LogP contribution < -0.4 is 0 Å². The van der Waals surface area contributed by atoms with Crippen molar-refractivity contribution in [1.29, 1.82) is 0 Å². The molecule has 0 amide bonds. The first-order valence-electron chi connectivity index (χ1n) is 4.52. The lowest BCUT2D eigenvalue weighted by atomic mass is 10.1. The van der Waals surface area contributed by atoms with Crippen molar-refractivity contribution in [1.82, 2.24) is 0 Å². The van der Waals surface area contributed by atoms with Crippen molar-refractivity contribution in [3.05, 3.63) is 34.6 Å². The minimum atomic E-state index is -0.212. The van der Waals surface area contributed by atoms with Crippen molar-refractivity contribution in [3.63, 3.8) is 0 Å². The highest BCUT2D eigenvalue weighted by molar-refractivity contribution is 5.31. The fourth-order valence-electron chi connectivity index (χ4n) is 1.03. The lowest BCUT2D eigenvalue weighted by Crippen LogP contribution is -1.94. The molecule has 1 rings (SSSR count). The first-order chi connectivity index (χ1) is 6.16.